The van der Waals surface area contributed by atoms with Gasteiger partial charge in [0.15, 0.2) is 0 Å². The van der Waals surface area contributed by atoms with Crippen LogP contribution in [0.2, 0.25) is 0 Å². The van der Waals surface area contributed by atoms with Crippen molar-refractivity contribution in [3.8, 4) is 55.6 Å². The first kappa shape index (κ1) is 43.7. The third kappa shape index (κ3) is 6.90. The summed E-state index contributed by atoms with van der Waals surface area (Å²) >= 11 is 0. The Morgan fingerprint density at radius 3 is 1.29 bits per heavy atom. The third-order valence-corrected chi connectivity index (χ3v) is 15.8. The van der Waals surface area contributed by atoms with Crippen molar-refractivity contribution < 1.29 is 0 Å². The van der Waals surface area contributed by atoms with Crippen molar-refractivity contribution in [2.75, 3.05) is 4.90 Å². The van der Waals surface area contributed by atoms with E-state index in [0.29, 0.717) is 0 Å². The van der Waals surface area contributed by atoms with E-state index < -0.39 is 5.41 Å². The van der Waals surface area contributed by atoms with Gasteiger partial charge in [-0.05, 0) is 158 Å². The zero-order valence-corrected chi connectivity index (χ0v) is 42.0. The minimum absolute atomic E-state index is 0.0265. The number of rotatable bonds is 6. The highest BCUT2D eigenvalue weighted by Crippen LogP contribution is 2.64. The molecule has 13 rings (SSSR count). The molecule has 0 heterocycles. The number of hydrogen-bond acceptors (Lipinski definition) is 1. The van der Waals surface area contributed by atoms with Crippen LogP contribution in [0.4, 0.5) is 17.1 Å². The van der Waals surface area contributed by atoms with Crippen LogP contribution in [0.25, 0.3) is 77.2 Å². The smallest absolute Gasteiger partial charge is 0.0726 e. The number of fused-ring (bicyclic) bond motifs is 12. The first-order valence-electron chi connectivity index (χ1n) is 25.6. The van der Waals surface area contributed by atoms with Gasteiger partial charge in [-0.15, -0.1) is 0 Å². The highest BCUT2D eigenvalue weighted by molar-refractivity contribution is 6.00. The van der Waals surface area contributed by atoms with Gasteiger partial charge in [0.2, 0.25) is 0 Å². The molecule has 0 aliphatic heterocycles. The van der Waals surface area contributed by atoms with Crippen molar-refractivity contribution in [1.82, 2.24) is 0 Å². The van der Waals surface area contributed by atoms with Gasteiger partial charge in [-0.2, -0.15) is 0 Å². The fourth-order valence-electron chi connectivity index (χ4n) is 12.1. The summed E-state index contributed by atoms with van der Waals surface area (Å²) in [5, 5.41) is 5.02. The molecule has 0 bridgehead atoms. The van der Waals surface area contributed by atoms with Gasteiger partial charge < -0.3 is 4.90 Å². The maximum Gasteiger partial charge on any atom is 0.0726 e. The van der Waals surface area contributed by atoms with E-state index in [-0.39, 0.29) is 10.8 Å². The van der Waals surface area contributed by atoms with Crippen molar-refractivity contribution in [3.63, 3.8) is 0 Å². The lowest BCUT2D eigenvalue weighted by atomic mass is 9.68. The topological polar surface area (TPSA) is 3.24 Å². The Morgan fingerprint density at radius 2 is 0.694 bits per heavy atom. The zero-order valence-electron chi connectivity index (χ0n) is 42.0. The molecular formula is C71H57N. The first-order chi connectivity index (χ1) is 34.9. The minimum Gasteiger partial charge on any atom is -0.310 e. The molecule has 0 saturated heterocycles. The van der Waals surface area contributed by atoms with Crippen LogP contribution >= 0.6 is 0 Å². The van der Waals surface area contributed by atoms with E-state index in [1.54, 1.807) is 0 Å². The molecule has 0 saturated carbocycles. The van der Waals surface area contributed by atoms with Crippen molar-refractivity contribution in [1.29, 1.82) is 0 Å². The van der Waals surface area contributed by atoms with Crippen LogP contribution in [0.5, 0.6) is 0 Å². The maximum atomic E-state index is 2.55. The van der Waals surface area contributed by atoms with Gasteiger partial charge in [-0.1, -0.05) is 242 Å². The average Bonchev–Trinajstić information content (AvgIpc) is 3.87. The van der Waals surface area contributed by atoms with E-state index in [1.165, 1.54) is 111 Å². The molecule has 2 aliphatic rings. The quantitative estimate of drug-likeness (QED) is 0.161. The van der Waals surface area contributed by atoms with Crippen LogP contribution < -0.4 is 4.90 Å². The summed E-state index contributed by atoms with van der Waals surface area (Å²) in [6.45, 7) is 14.0. The van der Waals surface area contributed by atoms with Gasteiger partial charge in [-0.25, -0.2) is 0 Å². The second-order valence-electron chi connectivity index (χ2n) is 22.1. The van der Waals surface area contributed by atoms with Crippen molar-refractivity contribution in [2.45, 2.75) is 57.8 Å². The molecule has 0 fully saturated rings. The summed E-state index contributed by atoms with van der Waals surface area (Å²) in [7, 11) is 0. The molecule has 0 N–H and O–H groups in total. The van der Waals surface area contributed by atoms with Crippen molar-refractivity contribution in [2.24, 2.45) is 0 Å². The molecule has 1 nitrogen and oxygen atoms in total. The Bertz CT molecular complexity index is 3860. The van der Waals surface area contributed by atoms with E-state index >= 15 is 0 Å². The van der Waals surface area contributed by atoms with Crippen LogP contribution in [0.1, 0.15) is 74.9 Å². The largest absolute Gasteiger partial charge is 0.310 e. The molecule has 72 heavy (non-hydrogen) atoms. The zero-order chi connectivity index (χ0) is 48.9. The van der Waals surface area contributed by atoms with Gasteiger partial charge in [0.25, 0.3) is 0 Å². The molecule has 0 atom stereocenters. The molecule has 2 aliphatic carbocycles. The molecular weight excluding hydrogens is 867 g/mol. The maximum absolute atomic E-state index is 2.55. The van der Waals surface area contributed by atoms with Gasteiger partial charge >= 0.3 is 0 Å². The molecule has 1 spiro atoms. The van der Waals surface area contributed by atoms with Gasteiger partial charge in [0.05, 0.1) is 5.41 Å². The predicted molar refractivity (Wildman–Crippen MR) is 306 cm³/mol. The van der Waals surface area contributed by atoms with Crippen LogP contribution in [-0.2, 0) is 16.2 Å². The Hall–Kier alpha value is -8.26. The molecule has 1 heteroatoms. The molecule has 346 valence electrons. The highest BCUT2D eigenvalue weighted by Gasteiger charge is 2.52. The highest BCUT2D eigenvalue weighted by atomic mass is 15.1. The monoisotopic (exact) mass is 923 g/mol. The van der Waals surface area contributed by atoms with Crippen LogP contribution in [-0.4, -0.2) is 0 Å². The number of anilines is 3. The Balaban J connectivity index is 1.00. The summed E-state index contributed by atoms with van der Waals surface area (Å²) in [6.07, 6.45) is 0. The first-order valence-corrected chi connectivity index (χ1v) is 25.6. The third-order valence-electron chi connectivity index (χ3n) is 15.8. The van der Waals surface area contributed by atoms with Crippen LogP contribution in [0.15, 0.2) is 237 Å². The fourth-order valence-corrected chi connectivity index (χ4v) is 12.1. The Morgan fingerprint density at radius 1 is 0.278 bits per heavy atom. The van der Waals surface area contributed by atoms with Crippen molar-refractivity contribution >= 4 is 38.6 Å². The van der Waals surface area contributed by atoms with Gasteiger partial charge in [-0.3, -0.25) is 0 Å². The van der Waals surface area contributed by atoms with Crippen molar-refractivity contribution in [3.05, 3.63) is 270 Å². The van der Waals surface area contributed by atoms with E-state index in [4.69, 9.17) is 0 Å². The summed E-state index contributed by atoms with van der Waals surface area (Å²) in [6, 6.07) is 89.2. The lowest BCUT2D eigenvalue weighted by molar-refractivity contribution is 0.586. The van der Waals surface area contributed by atoms with Gasteiger partial charge in [0.1, 0.15) is 0 Å². The summed E-state index contributed by atoms with van der Waals surface area (Å²) < 4.78 is 0. The summed E-state index contributed by atoms with van der Waals surface area (Å²) in [5.41, 5.74) is 23.4. The van der Waals surface area contributed by atoms with Crippen LogP contribution in [0.3, 0.4) is 0 Å². The van der Waals surface area contributed by atoms with E-state index in [0.717, 1.165) is 17.1 Å². The molecule has 0 unspecified atom stereocenters. The second-order valence-corrected chi connectivity index (χ2v) is 22.1. The molecule has 0 radical (unpaired) electrons. The normalized spacial score (nSPS) is 13.2. The number of nitrogens with zero attached hydrogens (tertiary/aromatic N) is 1. The fraction of sp³-hybridized carbons (Fsp3) is 0.127. The summed E-state index contributed by atoms with van der Waals surface area (Å²) in [4.78, 5) is 2.48. The molecule has 0 amide bonds. The SMILES string of the molecule is CC(C)(C)c1ccc2c(c1)C1(c3ccccc3-c3ccc(N(c4ccc(-c5ccc(-c6cccc7ccccc67)cc5)cc4)c4cccc(-c5cccc6ccccc56)c4)cc31)c1cc(C(C)(C)C)ccc1-2. The minimum atomic E-state index is -0.520. The standard InChI is InChI=1S/C71H57N/c1-69(2,3)52-34-39-62-63-40-35-53(70(4,5)6)44-67(63)71(66(62)43-52)65-27-12-11-24-61(65)64-41-38-56(45-68(64)71)72(55-21-13-20-51(42-55)60-26-15-19-49-17-8-10-23-58(49)60)54-36-32-47(33-37-54)46-28-30-50(31-29-46)59-25-14-18-48-16-7-9-22-57(48)59/h7-45H,1-6H3. The number of hydrogen-bond donors (Lipinski definition) is 0. The van der Waals surface area contributed by atoms with E-state index in [1.807, 2.05) is 0 Å². The molecule has 11 aromatic rings. The number of benzene rings is 11. The Labute approximate surface area is 424 Å². The molecule has 0 aromatic heterocycles. The summed E-state index contributed by atoms with van der Waals surface area (Å²) in [5.74, 6) is 0. The predicted octanol–water partition coefficient (Wildman–Crippen LogP) is 19.4. The lowest BCUT2D eigenvalue weighted by Gasteiger charge is -2.34. The second kappa shape index (κ2) is 16.4. The van der Waals surface area contributed by atoms with E-state index in [2.05, 4.69) is 283 Å². The molecule has 11 aromatic carbocycles. The average molecular weight is 924 g/mol. The van der Waals surface area contributed by atoms with Gasteiger partial charge in [0, 0.05) is 17.1 Å². The Kier molecular flexibility index (Phi) is 9.97. The van der Waals surface area contributed by atoms with E-state index in [9.17, 15) is 0 Å². The van der Waals surface area contributed by atoms with Crippen LogP contribution in [0, 0.1) is 0 Å². The lowest BCUT2D eigenvalue weighted by Crippen LogP contribution is -2.27.